The van der Waals surface area contributed by atoms with Gasteiger partial charge in [-0.2, -0.15) is 0 Å². The zero-order chi connectivity index (χ0) is 18.5. The minimum absolute atomic E-state index is 0.0242. The molecule has 6 heteroatoms. The van der Waals surface area contributed by atoms with Gasteiger partial charge in [0.15, 0.2) is 15.9 Å². The average Bonchev–Trinajstić information content (AvgIpc) is 2.52. The van der Waals surface area contributed by atoms with Crippen molar-refractivity contribution in [3.8, 4) is 5.75 Å². The largest absolute Gasteiger partial charge is 0.481 e. The first-order valence-corrected chi connectivity index (χ1v) is 11.4. The molecule has 4 saturated carbocycles. The van der Waals surface area contributed by atoms with Gasteiger partial charge in [-0.05, 0) is 87.5 Å². The second-order valence-electron chi connectivity index (χ2n) is 8.69. The van der Waals surface area contributed by atoms with Gasteiger partial charge in [0.1, 0.15) is 5.75 Å². The van der Waals surface area contributed by atoms with Crippen molar-refractivity contribution in [2.75, 3.05) is 6.26 Å². The highest BCUT2D eigenvalue weighted by Crippen LogP contribution is 2.55. The van der Waals surface area contributed by atoms with Crippen molar-refractivity contribution in [1.29, 1.82) is 0 Å². The predicted molar refractivity (Wildman–Crippen MR) is 98.7 cm³/mol. The summed E-state index contributed by atoms with van der Waals surface area (Å²) in [6, 6.07) is 6.22. The summed E-state index contributed by atoms with van der Waals surface area (Å²) in [7, 11) is -3.23. The smallest absolute Gasteiger partial charge is 0.261 e. The molecule has 1 aromatic carbocycles. The van der Waals surface area contributed by atoms with Gasteiger partial charge < -0.3 is 10.1 Å². The molecule has 0 spiro atoms. The molecule has 1 aromatic rings. The maximum Gasteiger partial charge on any atom is 0.261 e. The number of hydrogen-bond acceptors (Lipinski definition) is 4. The molecule has 5 rings (SSSR count). The Morgan fingerprint density at radius 1 is 1.08 bits per heavy atom. The highest BCUT2D eigenvalue weighted by molar-refractivity contribution is 7.90. The van der Waals surface area contributed by atoms with E-state index in [1.165, 1.54) is 37.7 Å². The Morgan fingerprint density at radius 3 is 2.04 bits per heavy atom. The Kier molecular flexibility index (Phi) is 4.29. The number of sulfone groups is 1. The van der Waals surface area contributed by atoms with Gasteiger partial charge in [-0.3, -0.25) is 4.79 Å². The normalized spacial score (nSPS) is 33.7. The van der Waals surface area contributed by atoms with E-state index in [-0.39, 0.29) is 16.3 Å². The monoisotopic (exact) mass is 377 g/mol. The van der Waals surface area contributed by atoms with Crippen molar-refractivity contribution in [2.45, 2.75) is 62.0 Å². The van der Waals surface area contributed by atoms with Crippen LogP contribution in [-0.4, -0.2) is 32.2 Å². The molecule has 0 saturated heterocycles. The van der Waals surface area contributed by atoms with E-state index in [4.69, 9.17) is 4.74 Å². The van der Waals surface area contributed by atoms with Crippen LogP contribution >= 0.6 is 0 Å². The zero-order valence-corrected chi connectivity index (χ0v) is 16.2. The number of hydrogen-bond donors (Lipinski definition) is 1. The third-order valence-electron chi connectivity index (χ3n) is 6.36. The van der Waals surface area contributed by atoms with Crippen molar-refractivity contribution in [3.63, 3.8) is 0 Å². The number of benzene rings is 1. The molecule has 0 radical (unpaired) electrons. The first kappa shape index (κ1) is 17.8. The van der Waals surface area contributed by atoms with Crippen molar-refractivity contribution in [1.82, 2.24) is 5.32 Å². The molecule has 26 heavy (non-hydrogen) atoms. The highest BCUT2D eigenvalue weighted by Gasteiger charge is 2.51. The van der Waals surface area contributed by atoms with E-state index in [0.29, 0.717) is 5.75 Å². The molecule has 142 valence electrons. The second-order valence-corrected chi connectivity index (χ2v) is 10.7. The zero-order valence-electron chi connectivity index (χ0n) is 15.4. The van der Waals surface area contributed by atoms with Gasteiger partial charge in [-0.25, -0.2) is 8.42 Å². The van der Waals surface area contributed by atoms with Gasteiger partial charge in [-0.1, -0.05) is 0 Å². The third-order valence-corrected chi connectivity index (χ3v) is 7.49. The standard InChI is InChI=1S/C20H27NO4S/c1-13(25-17-3-5-18(6-4-17)26(2,23)24)19(22)21-20-10-14-7-15(11-20)9-16(8-14)12-20/h3-6,13-16H,7-12H2,1-2H3,(H,21,22)/t13-,14?,15?,16?,20?/m0/s1. The fourth-order valence-electron chi connectivity index (χ4n) is 5.65. The van der Waals surface area contributed by atoms with E-state index in [9.17, 15) is 13.2 Å². The molecular weight excluding hydrogens is 350 g/mol. The van der Waals surface area contributed by atoms with E-state index in [0.717, 1.165) is 37.0 Å². The summed E-state index contributed by atoms with van der Waals surface area (Å²) in [6.45, 7) is 1.75. The number of nitrogens with one attached hydrogen (secondary N) is 1. The molecule has 1 atom stereocenters. The van der Waals surface area contributed by atoms with E-state index in [1.807, 2.05) is 0 Å². The Bertz CT molecular complexity index is 764. The summed E-state index contributed by atoms with van der Waals surface area (Å²) in [6.07, 6.45) is 7.92. The molecule has 0 heterocycles. The molecular formula is C20H27NO4S. The number of amides is 1. The lowest BCUT2D eigenvalue weighted by Gasteiger charge is -2.57. The summed E-state index contributed by atoms with van der Waals surface area (Å²) in [4.78, 5) is 13.0. The van der Waals surface area contributed by atoms with Crippen LogP contribution in [0.2, 0.25) is 0 Å². The summed E-state index contributed by atoms with van der Waals surface area (Å²) >= 11 is 0. The summed E-state index contributed by atoms with van der Waals surface area (Å²) in [5.74, 6) is 2.77. The summed E-state index contributed by atoms with van der Waals surface area (Å²) in [5, 5.41) is 3.32. The maximum absolute atomic E-state index is 12.7. The van der Waals surface area contributed by atoms with Gasteiger partial charge in [-0.15, -0.1) is 0 Å². The van der Waals surface area contributed by atoms with Crippen LogP contribution in [0.25, 0.3) is 0 Å². The van der Waals surface area contributed by atoms with Crippen molar-refractivity contribution in [2.24, 2.45) is 17.8 Å². The van der Waals surface area contributed by atoms with Crippen LogP contribution in [0.4, 0.5) is 0 Å². The molecule has 4 aliphatic rings. The van der Waals surface area contributed by atoms with Crippen LogP contribution in [0.1, 0.15) is 45.4 Å². The SMILES string of the molecule is C[C@H](Oc1ccc(S(C)(=O)=O)cc1)C(=O)NC12CC3CC(CC(C3)C1)C2. The van der Waals surface area contributed by atoms with E-state index >= 15 is 0 Å². The molecule has 0 aliphatic heterocycles. The molecule has 1 N–H and O–H groups in total. The van der Waals surface area contributed by atoms with Crippen LogP contribution in [0, 0.1) is 17.8 Å². The lowest BCUT2D eigenvalue weighted by atomic mass is 9.53. The predicted octanol–water partition coefficient (Wildman–Crippen LogP) is 2.94. The van der Waals surface area contributed by atoms with Gasteiger partial charge in [0, 0.05) is 11.8 Å². The number of carbonyl (C=O) groups is 1. The fraction of sp³-hybridized carbons (Fsp3) is 0.650. The first-order valence-electron chi connectivity index (χ1n) is 9.51. The van der Waals surface area contributed by atoms with E-state index in [1.54, 1.807) is 19.1 Å². The molecule has 4 bridgehead atoms. The molecule has 1 amide bonds. The topological polar surface area (TPSA) is 72.5 Å². The highest BCUT2D eigenvalue weighted by atomic mass is 32.2. The van der Waals surface area contributed by atoms with Gasteiger partial charge in [0.25, 0.3) is 5.91 Å². The molecule has 5 nitrogen and oxygen atoms in total. The maximum atomic E-state index is 12.7. The van der Waals surface area contributed by atoms with Gasteiger partial charge >= 0.3 is 0 Å². The minimum atomic E-state index is -3.23. The lowest BCUT2D eigenvalue weighted by molar-refractivity contribution is -0.133. The second kappa shape index (κ2) is 6.25. The van der Waals surface area contributed by atoms with Crippen LogP contribution in [0.3, 0.4) is 0 Å². The van der Waals surface area contributed by atoms with Crippen LogP contribution < -0.4 is 10.1 Å². The van der Waals surface area contributed by atoms with Crippen molar-refractivity contribution >= 4 is 15.7 Å². The quantitative estimate of drug-likeness (QED) is 0.856. The minimum Gasteiger partial charge on any atom is -0.481 e. The Hall–Kier alpha value is -1.56. The third kappa shape index (κ3) is 3.48. The molecule has 4 aliphatic carbocycles. The first-order chi connectivity index (χ1) is 12.2. The number of carbonyl (C=O) groups excluding carboxylic acids is 1. The molecule has 4 fully saturated rings. The van der Waals surface area contributed by atoms with Gasteiger partial charge in [0.05, 0.1) is 4.90 Å². The fourth-order valence-corrected chi connectivity index (χ4v) is 6.28. The Labute approximate surface area is 155 Å². The number of ether oxygens (including phenoxy) is 1. The van der Waals surface area contributed by atoms with Gasteiger partial charge in [0.2, 0.25) is 0 Å². The number of rotatable bonds is 5. The van der Waals surface area contributed by atoms with E-state index in [2.05, 4.69) is 5.32 Å². The lowest BCUT2D eigenvalue weighted by Crippen LogP contribution is -2.61. The van der Waals surface area contributed by atoms with Crippen LogP contribution in [0.5, 0.6) is 5.75 Å². The summed E-state index contributed by atoms with van der Waals surface area (Å²) in [5.41, 5.74) is -0.0242. The van der Waals surface area contributed by atoms with Crippen molar-refractivity contribution < 1.29 is 17.9 Å². The summed E-state index contributed by atoms with van der Waals surface area (Å²) < 4.78 is 28.8. The molecule has 0 aromatic heterocycles. The average molecular weight is 378 g/mol. The van der Waals surface area contributed by atoms with Crippen molar-refractivity contribution in [3.05, 3.63) is 24.3 Å². The van der Waals surface area contributed by atoms with E-state index < -0.39 is 15.9 Å². The van der Waals surface area contributed by atoms with Crippen LogP contribution in [0.15, 0.2) is 29.2 Å². The Balaban J connectivity index is 1.39. The molecule has 0 unspecified atom stereocenters. The van der Waals surface area contributed by atoms with Crippen LogP contribution in [-0.2, 0) is 14.6 Å². The Morgan fingerprint density at radius 2 is 1.58 bits per heavy atom.